The van der Waals surface area contributed by atoms with Crippen molar-refractivity contribution in [3.8, 4) is 0 Å². The lowest BCUT2D eigenvalue weighted by molar-refractivity contribution is -0.150. The minimum atomic E-state index is -1.20. The number of rotatable bonds is 9. The van der Waals surface area contributed by atoms with E-state index in [9.17, 15) is 24.3 Å². The van der Waals surface area contributed by atoms with Crippen molar-refractivity contribution < 1.29 is 19.5 Å². The number of aliphatic carboxylic acids is 1. The van der Waals surface area contributed by atoms with Gasteiger partial charge in [0.25, 0.3) is 5.91 Å². The molecule has 1 saturated heterocycles. The molecule has 0 saturated carbocycles. The highest BCUT2D eigenvalue weighted by Crippen LogP contribution is 2.41. The van der Waals surface area contributed by atoms with Crippen molar-refractivity contribution >= 4 is 73.4 Å². The molecule has 4 N–H and O–H groups in total. The van der Waals surface area contributed by atoms with Crippen molar-refractivity contribution in [3.05, 3.63) is 85.9 Å². The quantitative estimate of drug-likeness (QED) is 0.257. The summed E-state index contributed by atoms with van der Waals surface area (Å²) in [5.74, 6) is -1.55. The summed E-state index contributed by atoms with van der Waals surface area (Å²) < 4.78 is 2.45. The third kappa shape index (κ3) is 5.19. The van der Waals surface area contributed by atoms with Crippen LogP contribution >= 0.6 is 46.2 Å². The Labute approximate surface area is 234 Å². The lowest BCUT2D eigenvalue weighted by Gasteiger charge is -2.49. The molecule has 12 heteroatoms. The molecule has 0 bridgehead atoms. The highest BCUT2D eigenvalue weighted by atomic mass is 32.2. The number of carboxylic acid groups (broad SMARTS) is 1. The van der Waals surface area contributed by atoms with Crippen molar-refractivity contribution in [1.29, 1.82) is 0 Å². The molecule has 2 amide bonds. The van der Waals surface area contributed by atoms with Crippen LogP contribution in [0.15, 0.2) is 73.5 Å². The standard InChI is InChI=1S/C26H23N3O5S4/c27-9-6-16-21(31)22-17(8-11-35-22)38-26(16)36-10-7-15-13-37-24-19(23(32)29(24)20(15)25(33)34)28-18(30)12-14-4-2-1-3-5-14/h1-5,7-8,10-11,19,24H,6,9,12-13,27H2,(H,28,30)(H,33,34)/t19?,24-/m1/s1. The van der Waals surface area contributed by atoms with Gasteiger partial charge >= 0.3 is 5.97 Å². The van der Waals surface area contributed by atoms with Gasteiger partial charge in [-0.1, -0.05) is 42.1 Å². The van der Waals surface area contributed by atoms with Gasteiger partial charge in [0.2, 0.25) is 11.3 Å². The van der Waals surface area contributed by atoms with E-state index in [1.807, 2.05) is 41.8 Å². The van der Waals surface area contributed by atoms with Crippen LogP contribution in [-0.2, 0) is 27.2 Å². The lowest BCUT2D eigenvalue weighted by atomic mass is 10.0. The maximum absolute atomic E-state index is 12.9. The fraction of sp³-hybridized carbons (Fsp3) is 0.231. The molecule has 4 heterocycles. The first-order chi connectivity index (χ1) is 18.4. The van der Waals surface area contributed by atoms with Crippen LogP contribution in [0.5, 0.6) is 0 Å². The van der Waals surface area contributed by atoms with Crippen LogP contribution in [0, 0.1) is 0 Å². The smallest absolute Gasteiger partial charge is 0.352 e. The van der Waals surface area contributed by atoms with Gasteiger partial charge in [-0.3, -0.25) is 19.3 Å². The highest BCUT2D eigenvalue weighted by molar-refractivity contribution is 8.04. The van der Waals surface area contributed by atoms with Crippen molar-refractivity contribution in [1.82, 2.24) is 10.2 Å². The van der Waals surface area contributed by atoms with Crippen LogP contribution < -0.4 is 16.5 Å². The summed E-state index contributed by atoms with van der Waals surface area (Å²) in [6, 6.07) is 10.4. The first-order valence-corrected chi connectivity index (χ1v) is 15.3. The summed E-state index contributed by atoms with van der Waals surface area (Å²) in [5, 5.41) is 15.9. The minimum Gasteiger partial charge on any atom is -0.477 e. The number of carboxylic acids is 1. The number of thiophene rings is 1. The zero-order valence-corrected chi connectivity index (χ0v) is 23.2. The summed E-state index contributed by atoms with van der Waals surface area (Å²) in [4.78, 5) is 51.7. The van der Waals surface area contributed by atoms with E-state index in [0.29, 0.717) is 29.9 Å². The van der Waals surface area contributed by atoms with Crippen LogP contribution in [0.4, 0.5) is 0 Å². The molecule has 0 spiro atoms. The molecule has 2 atom stereocenters. The molecule has 2 aromatic heterocycles. The molecular formula is C26H23N3O5S4. The van der Waals surface area contributed by atoms with Crippen LogP contribution in [0.25, 0.3) is 9.40 Å². The number of carbonyl (C=O) groups excluding carboxylic acids is 2. The molecule has 1 aromatic carbocycles. The molecule has 8 nitrogen and oxygen atoms in total. The number of nitrogens with two attached hydrogens (primary N) is 1. The summed E-state index contributed by atoms with van der Waals surface area (Å²) in [7, 11) is 0. The fourth-order valence-electron chi connectivity index (χ4n) is 4.34. The Bertz CT molecular complexity index is 1530. The van der Waals surface area contributed by atoms with Crippen LogP contribution in [0.3, 0.4) is 0 Å². The number of hydrogen-bond acceptors (Lipinski definition) is 9. The molecule has 5 rings (SSSR count). The zero-order valence-electron chi connectivity index (χ0n) is 19.9. The number of benzene rings is 1. The van der Waals surface area contributed by atoms with Crippen LogP contribution in [0.2, 0.25) is 0 Å². The first kappa shape index (κ1) is 26.7. The summed E-state index contributed by atoms with van der Waals surface area (Å²) in [6.45, 7) is 0.350. The average molecular weight is 586 g/mol. The van der Waals surface area contributed by atoms with E-state index in [2.05, 4.69) is 5.32 Å². The van der Waals surface area contributed by atoms with Gasteiger partial charge in [-0.25, -0.2) is 4.79 Å². The Morgan fingerprint density at radius 2 is 2.00 bits per heavy atom. The largest absolute Gasteiger partial charge is 0.477 e. The predicted molar refractivity (Wildman–Crippen MR) is 154 cm³/mol. The molecule has 196 valence electrons. The Morgan fingerprint density at radius 3 is 2.74 bits per heavy atom. The zero-order chi connectivity index (χ0) is 26.8. The van der Waals surface area contributed by atoms with Crippen molar-refractivity contribution in [2.45, 2.75) is 28.5 Å². The van der Waals surface area contributed by atoms with Gasteiger partial charge in [-0.05, 0) is 47.0 Å². The lowest BCUT2D eigenvalue weighted by Crippen LogP contribution is -2.70. The molecule has 1 fully saturated rings. The van der Waals surface area contributed by atoms with Crippen molar-refractivity contribution in [2.24, 2.45) is 5.73 Å². The number of fused-ring (bicyclic) bond motifs is 2. The number of nitrogens with one attached hydrogen (secondary N) is 1. The van der Waals surface area contributed by atoms with E-state index >= 15 is 0 Å². The van der Waals surface area contributed by atoms with E-state index < -0.39 is 23.3 Å². The Kier molecular flexibility index (Phi) is 8.05. The summed E-state index contributed by atoms with van der Waals surface area (Å²) in [6.07, 6.45) is 2.29. The number of carbonyl (C=O) groups is 3. The van der Waals surface area contributed by atoms with E-state index in [1.165, 1.54) is 51.1 Å². The second kappa shape index (κ2) is 11.5. The Hall–Kier alpha value is -2.90. The van der Waals surface area contributed by atoms with Gasteiger partial charge in [0, 0.05) is 11.3 Å². The van der Waals surface area contributed by atoms with Crippen molar-refractivity contribution in [2.75, 3.05) is 12.3 Å². The van der Waals surface area contributed by atoms with Gasteiger partial charge in [0.1, 0.15) is 17.1 Å². The maximum Gasteiger partial charge on any atom is 0.352 e. The minimum absolute atomic E-state index is 0.0110. The number of β-lactam (4-membered cyclic amide) rings is 1. The van der Waals surface area contributed by atoms with Gasteiger partial charge in [0.15, 0.2) is 0 Å². The molecule has 2 aliphatic heterocycles. The van der Waals surface area contributed by atoms with Gasteiger partial charge in [0.05, 0.1) is 20.0 Å². The summed E-state index contributed by atoms with van der Waals surface area (Å²) >= 11 is 5.68. The molecule has 3 aromatic rings. The van der Waals surface area contributed by atoms with E-state index in [4.69, 9.17) is 5.73 Å². The molecule has 0 radical (unpaired) electrons. The van der Waals surface area contributed by atoms with Gasteiger partial charge in [-0.2, -0.15) is 0 Å². The number of hydrogen-bond donors (Lipinski definition) is 3. The van der Waals surface area contributed by atoms with Gasteiger partial charge < -0.3 is 16.2 Å². The maximum atomic E-state index is 12.9. The van der Waals surface area contributed by atoms with Gasteiger partial charge in [-0.15, -0.1) is 34.4 Å². The molecule has 2 aliphatic rings. The topological polar surface area (TPSA) is 130 Å². The molecular weight excluding hydrogens is 563 g/mol. The third-order valence-corrected chi connectivity index (χ3v) is 10.7. The molecule has 1 unspecified atom stereocenters. The number of amides is 2. The fourth-order valence-corrected chi connectivity index (χ4v) is 8.93. The second-order valence-corrected chi connectivity index (χ2v) is 12.8. The number of thioether (sulfide) groups is 2. The monoisotopic (exact) mass is 585 g/mol. The normalized spacial score (nSPS) is 19.1. The van der Waals surface area contributed by atoms with E-state index in [1.54, 1.807) is 11.5 Å². The average Bonchev–Trinajstić information content (AvgIpc) is 3.38. The third-order valence-electron chi connectivity index (χ3n) is 6.12. The first-order valence-electron chi connectivity index (χ1n) is 11.7. The second-order valence-electron chi connectivity index (χ2n) is 8.57. The Balaban J connectivity index is 1.32. The summed E-state index contributed by atoms with van der Waals surface area (Å²) in [5.41, 5.74) is 7.65. The van der Waals surface area contributed by atoms with Crippen LogP contribution in [-0.4, -0.2) is 51.5 Å². The van der Waals surface area contributed by atoms with E-state index in [0.717, 1.165) is 19.2 Å². The predicted octanol–water partition coefficient (Wildman–Crippen LogP) is 3.41. The Morgan fingerprint density at radius 1 is 1.21 bits per heavy atom. The molecule has 38 heavy (non-hydrogen) atoms. The SMILES string of the molecule is NCCc1c(SC=CC2=C(C(=O)O)N3C(=O)C(NC(=O)Cc4ccccc4)[C@H]3SC2)sc2ccsc2c1=O. The van der Waals surface area contributed by atoms with E-state index in [-0.39, 0.29) is 23.5 Å². The number of nitrogens with zero attached hydrogens (tertiary/aromatic N) is 1. The highest BCUT2D eigenvalue weighted by Gasteiger charge is 2.53. The number of allylic oxidation sites excluding steroid dienone is 1. The van der Waals surface area contributed by atoms with Crippen LogP contribution in [0.1, 0.15) is 11.1 Å². The van der Waals surface area contributed by atoms with Crippen molar-refractivity contribution in [3.63, 3.8) is 0 Å². The molecule has 0 aliphatic carbocycles.